The Hall–Kier alpha value is -2.98. The van der Waals surface area contributed by atoms with Crippen LogP contribution in [0.4, 0.5) is 5.69 Å². The average molecular weight is 385 g/mol. The number of benzene rings is 3. The van der Waals surface area contributed by atoms with Crippen LogP contribution in [0.15, 0.2) is 65.1 Å². The molecule has 29 heavy (non-hydrogen) atoms. The molecule has 2 aliphatic rings. The molecule has 0 radical (unpaired) electrons. The fourth-order valence-corrected chi connectivity index (χ4v) is 5.04. The van der Waals surface area contributed by atoms with Gasteiger partial charge in [-0.2, -0.15) is 0 Å². The first-order chi connectivity index (χ1) is 14.3. The zero-order valence-electron chi connectivity index (χ0n) is 16.4. The lowest BCUT2D eigenvalue weighted by Gasteiger charge is -2.43. The van der Waals surface area contributed by atoms with Gasteiger partial charge in [-0.1, -0.05) is 24.3 Å². The Labute approximate surface area is 169 Å². The molecule has 1 fully saturated rings. The molecule has 3 atom stereocenters. The van der Waals surface area contributed by atoms with Crippen LogP contribution in [0.5, 0.6) is 5.75 Å². The molecule has 2 aliphatic heterocycles. The minimum Gasteiger partial charge on any atom is -0.497 e. The Morgan fingerprint density at radius 3 is 2.79 bits per heavy atom. The molecule has 0 bridgehead atoms. The first kappa shape index (κ1) is 16.9. The van der Waals surface area contributed by atoms with E-state index in [1.807, 2.05) is 18.2 Å². The second kappa shape index (κ2) is 6.53. The molecule has 4 nitrogen and oxygen atoms in total. The van der Waals surface area contributed by atoms with Gasteiger partial charge in [0.15, 0.2) is 0 Å². The molecule has 1 saturated heterocycles. The standard InChI is InChI=1S/C25H23NO3/c1-27-16-9-10-21-20(14-16)25-18(6-4-12-28-25)24(26-21)15-8-11-23-19(13-15)17-5-2-3-7-22(17)29-23/h2-3,5,7-11,13-14,18,24-26H,4,6,12H2,1H3/t18-,24+,25-/m1/s1. The third kappa shape index (κ3) is 2.63. The van der Waals surface area contributed by atoms with Crippen molar-refractivity contribution in [2.75, 3.05) is 19.0 Å². The number of para-hydroxylation sites is 1. The van der Waals surface area contributed by atoms with Crippen molar-refractivity contribution in [2.24, 2.45) is 5.92 Å². The summed E-state index contributed by atoms with van der Waals surface area (Å²) in [7, 11) is 1.71. The number of fused-ring (bicyclic) bond motifs is 6. The molecule has 3 heterocycles. The summed E-state index contributed by atoms with van der Waals surface area (Å²) in [4.78, 5) is 0. The molecule has 146 valence electrons. The van der Waals surface area contributed by atoms with Gasteiger partial charge in [0.2, 0.25) is 0 Å². The molecule has 0 unspecified atom stereocenters. The highest BCUT2D eigenvalue weighted by atomic mass is 16.5. The summed E-state index contributed by atoms with van der Waals surface area (Å²) in [5.41, 5.74) is 5.50. The van der Waals surface area contributed by atoms with Crippen molar-refractivity contribution in [1.82, 2.24) is 0 Å². The molecule has 1 N–H and O–H groups in total. The van der Waals surface area contributed by atoms with Crippen LogP contribution in [-0.4, -0.2) is 13.7 Å². The van der Waals surface area contributed by atoms with Crippen LogP contribution in [0.3, 0.4) is 0 Å². The van der Waals surface area contributed by atoms with Gasteiger partial charge in [-0.3, -0.25) is 0 Å². The van der Waals surface area contributed by atoms with Crippen LogP contribution in [0.2, 0.25) is 0 Å². The maximum absolute atomic E-state index is 6.29. The van der Waals surface area contributed by atoms with Gasteiger partial charge in [0, 0.05) is 34.5 Å². The molecule has 6 rings (SSSR count). The van der Waals surface area contributed by atoms with E-state index in [1.165, 1.54) is 21.9 Å². The summed E-state index contributed by atoms with van der Waals surface area (Å²) in [6, 6.07) is 21.3. The zero-order valence-corrected chi connectivity index (χ0v) is 16.4. The van der Waals surface area contributed by atoms with Gasteiger partial charge in [0.25, 0.3) is 0 Å². The van der Waals surface area contributed by atoms with Gasteiger partial charge in [-0.05, 0) is 54.8 Å². The zero-order chi connectivity index (χ0) is 19.4. The number of furan rings is 1. The van der Waals surface area contributed by atoms with Gasteiger partial charge in [-0.25, -0.2) is 0 Å². The predicted octanol–water partition coefficient (Wildman–Crippen LogP) is 6.23. The summed E-state index contributed by atoms with van der Waals surface area (Å²) in [6.45, 7) is 0.815. The van der Waals surface area contributed by atoms with Crippen molar-refractivity contribution >= 4 is 27.6 Å². The topological polar surface area (TPSA) is 43.6 Å². The minimum absolute atomic E-state index is 0.0943. The summed E-state index contributed by atoms with van der Waals surface area (Å²) < 4.78 is 17.8. The first-order valence-electron chi connectivity index (χ1n) is 10.3. The highest BCUT2D eigenvalue weighted by molar-refractivity contribution is 6.05. The quantitative estimate of drug-likeness (QED) is 0.444. The number of anilines is 1. The van der Waals surface area contributed by atoms with Gasteiger partial charge in [0.05, 0.1) is 19.3 Å². The van der Waals surface area contributed by atoms with Crippen LogP contribution in [-0.2, 0) is 4.74 Å². The monoisotopic (exact) mass is 385 g/mol. The second-order valence-electron chi connectivity index (χ2n) is 8.03. The van der Waals surface area contributed by atoms with Crippen LogP contribution in [0.25, 0.3) is 21.9 Å². The van der Waals surface area contributed by atoms with E-state index in [1.54, 1.807) is 7.11 Å². The Kier molecular flexibility index (Phi) is 3.81. The number of hydrogen-bond donors (Lipinski definition) is 1. The number of hydrogen-bond acceptors (Lipinski definition) is 4. The predicted molar refractivity (Wildman–Crippen MR) is 114 cm³/mol. The molecule has 0 aliphatic carbocycles. The lowest BCUT2D eigenvalue weighted by molar-refractivity contribution is -0.0382. The van der Waals surface area contributed by atoms with Crippen LogP contribution in [0.1, 0.15) is 36.1 Å². The largest absolute Gasteiger partial charge is 0.497 e. The Balaban J connectivity index is 1.48. The van der Waals surface area contributed by atoms with Crippen molar-refractivity contribution in [1.29, 1.82) is 0 Å². The van der Waals surface area contributed by atoms with Crippen LogP contribution >= 0.6 is 0 Å². The van der Waals surface area contributed by atoms with E-state index in [2.05, 4.69) is 47.8 Å². The molecule has 0 amide bonds. The van der Waals surface area contributed by atoms with E-state index >= 15 is 0 Å². The maximum Gasteiger partial charge on any atom is 0.135 e. The van der Waals surface area contributed by atoms with E-state index in [4.69, 9.17) is 13.9 Å². The van der Waals surface area contributed by atoms with E-state index in [0.29, 0.717) is 5.92 Å². The summed E-state index contributed by atoms with van der Waals surface area (Å²) in [5, 5.41) is 6.15. The van der Waals surface area contributed by atoms with Crippen LogP contribution < -0.4 is 10.1 Å². The molecule has 4 heteroatoms. The van der Waals surface area contributed by atoms with Gasteiger partial charge in [-0.15, -0.1) is 0 Å². The highest BCUT2D eigenvalue weighted by Gasteiger charge is 2.40. The lowest BCUT2D eigenvalue weighted by atomic mass is 9.77. The van der Waals surface area contributed by atoms with Gasteiger partial charge < -0.3 is 19.2 Å². The number of rotatable bonds is 2. The second-order valence-corrected chi connectivity index (χ2v) is 8.03. The Bertz CT molecular complexity index is 1210. The normalized spacial score (nSPS) is 23.4. The van der Waals surface area contributed by atoms with Gasteiger partial charge in [0.1, 0.15) is 16.9 Å². The van der Waals surface area contributed by atoms with Gasteiger partial charge >= 0.3 is 0 Å². The first-order valence-corrected chi connectivity index (χ1v) is 10.3. The third-order valence-corrected chi connectivity index (χ3v) is 6.43. The average Bonchev–Trinajstić information content (AvgIpc) is 3.16. The fraction of sp³-hybridized carbons (Fsp3) is 0.280. The van der Waals surface area contributed by atoms with E-state index in [-0.39, 0.29) is 12.1 Å². The fourth-order valence-electron chi connectivity index (χ4n) is 5.04. The highest BCUT2D eigenvalue weighted by Crippen LogP contribution is 2.50. The molecule has 3 aromatic carbocycles. The number of ether oxygens (including phenoxy) is 2. The Morgan fingerprint density at radius 2 is 1.86 bits per heavy atom. The van der Waals surface area contributed by atoms with Crippen molar-refractivity contribution in [3.8, 4) is 5.75 Å². The minimum atomic E-state index is 0.0943. The molecular weight excluding hydrogens is 362 g/mol. The van der Waals surface area contributed by atoms with Crippen molar-refractivity contribution in [2.45, 2.75) is 25.0 Å². The SMILES string of the molecule is COc1ccc2c(c1)[C@@H]1OCCC[C@@H]1[C@H](c1ccc3oc4ccccc4c3c1)N2. The number of nitrogens with one attached hydrogen (secondary N) is 1. The van der Waals surface area contributed by atoms with Crippen LogP contribution in [0, 0.1) is 5.92 Å². The molecular formula is C25H23NO3. The molecule has 0 saturated carbocycles. The molecule has 1 aromatic heterocycles. The lowest BCUT2D eigenvalue weighted by Crippen LogP contribution is -2.36. The van der Waals surface area contributed by atoms with Crippen molar-refractivity contribution in [3.63, 3.8) is 0 Å². The Morgan fingerprint density at radius 1 is 0.966 bits per heavy atom. The third-order valence-electron chi connectivity index (χ3n) is 6.43. The molecule has 4 aromatic rings. The van der Waals surface area contributed by atoms with E-state index < -0.39 is 0 Å². The number of methoxy groups -OCH3 is 1. The summed E-state index contributed by atoms with van der Waals surface area (Å²) in [5.74, 6) is 1.27. The maximum atomic E-state index is 6.29. The van der Waals surface area contributed by atoms with Crippen molar-refractivity contribution < 1.29 is 13.9 Å². The smallest absolute Gasteiger partial charge is 0.135 e. The van der Waals surface area contributed by atoms with Crippen molar-refractivity contribution in [3.05, 3.63) is 71.8 Å². The summed E-state index contributed by atoms with van der Waals surface area (Å²) in [6.07, 6.45) is 2.33. The van der Waals surface area contributed by atoms with E-state index in [0.717, 1.165) is 42.1 Å². The van der Waals surface area contributed by atoms with E-state index in [9.17, 15) is 0 Å². The molecule has 0 spiro atoms. The summed E-state index contributed by atoms with van der Waals surface area (Å²) >= 11 is 0.